The Morgan fingerprint density at radius 1 is 0.960 bits per heavy atom. The molecule has 2 aromatic carbocycles. The lowest BCUT2D eigenvalue weighted by molar-refractivity contribution is -0.121. The molecule has 5 nitrogen and oxygen atoms in total. The SMILES string of the molecule is COc1ccc(CCC(=O)NCCNC(=O)c2ccc(Cl)cc2)cc1. The molecule has 132 valence electrons. The maximum Gasteiger partial charge on any atom is 0.251 e. The Morgan fingerprint density at radius 2 is 1.60 bits per heavy atom. The van der Waals surface area contributed by atoms with E-state index in [1.165, 1.54) is 0 Å². The van der Waals surface area contributed by atoms with Gasteiger partial charge in [0, 0.05) is 30.1 Å². The van der Waals surface area contributed by atoms with Gasteiger partial charge in [0.15, 0.2) is 0 Å². The van der Waals surface area contributed by atoms with Crippen molar-refractivity contribution in [2.24, 2.45) is 0 Å². The molecule has 2 rings (SSSR count). The zero-order chi connectivity index (χ0) is 18.1. The van der Waals surface area contributed by atoms with E-state index in [0.717, 1.165) is 11.3 Å². The number of rotatable bonds is 8. The van der Waals surface area contributed by atoms with Gasteiger partial charge >= 0.3 is 0 Å². The largest absolute Gasteiger partial charge is 0.497 e. The molecule has 0 saturated heterocycles. The predicted octanol–water partition coefficient (Wildman–Crippen LogP) is 2.83. The smallest absolute Gasteiger partial charge is 0.251 e. The lowest BCUT2D eigenvalue weighted by Crippen LogP contribution is -2.34. The summed E-state index contributed by atoms with van der Waals surface area (Å²) in [6, 6.07) is 14.3. The van der Waals surface area contributed by atoms with Crippen LogP contribution in [0.5, 0.6) is 5.75 Å². The van der Waals surface area contributed by atoms with Crippen LogP contribution in [0, 0.1) is 0 Å². The molecule has 2 N–H and O–H groups in total. The van der Waals surface area contributed by atoms with Gasteiger partial charge < -0.3 is 15.4 Å². The third kappa shape index (κ3) is 6.47. The fourth-order valence-corrected chi connectivity index (χ4v) is 2.35. The van der Waals surface area contributed by atoms with Crippen molar-refractivity contribution < 1.29 is 14.3 Å². The zero-order valence-electron chi connectivity index (χ0n) is 14.0. The van der Waals surface area contributed by atoms with Crippen LogP contribution in [0.25, 0.3) is 0 Å². The van der Waals surface area contributed by atoms with E-state index in [2.05, 4.69) is 10.6 Å². The third-order valence-electron chi connectivity index (χ3n) is 3.64. The molecule has 0 aliphatic heterocycles. The van der Waals surface area contributed by atoms with Gasteiger partial charge in [-0.2, -0.15) is 0 Å². The van der Waals surface area contributed by atoms with Crippen LogP contribution in [0.3, 0.4) is 0 Å². The summed E-state index contributed by atoms with van der Waals surface area (Å²) in [6.07, 6.45) is 1.06. The van der Waals surface area contributed by atoms with Crippen molar-refractivity contribution in [1.29, 1.82) is 0 Å². The number of benzene rings is 2. The number of aryl methyl sites for hydroxylation is 1. The van der Waals surface area contributed by atoms with Gasteiger partial charge in [0.2, 0.25) is 5.91 Å². The third-order valence-corrected chi connectivity index (χ3v) is 3.89. The number of methoxy groups -OCH3 is 1. The Morgan fingerprint density at radius 3 is 2.24 bits per heavy atom. The maximum absolute atomic E-state index is 11.9. The molecule has 2 amide bonds. The highest BCUT2D eigenvalue weighted by molar-refractivity contribution is 6.30. The highest BCUT2D eigenvalue weighted by Gasteiger charge is 2.05. The number of nitrogens with one attached hydrogen (secondary N) is 2. The van der Waals surface area contributed by atoms with E-state index in [1.807, 2.05) is 24.3 Å². The summed E-state index contributed by atoms with van der Waals surface area (Å²) in [7, 11) is 1.62. The van der Waals surface area contributed by atoms with E-state index in [0.29, 0.717) is 36.5 Å². The van der Waals surface area contributed by atoms with Crippen LogP contribution in [-0.4, -0.2) is 32.0 Å². The molecule has 0 heterocycles. The monoisotopic (exact) mass is 360 g/mol. The average Bonchev–Trinajstić information content (AvgIpc) is 2.64. The minimum atomic E-state index is -0.191. The second kappa shape index (κ2) is 9.69. The minimum Gasteiger partial charge on any atom is -0.497 e. The van der Waals surface area contributed by atoms with Gasteiger partial charge in [0.25, 0.3) is 5.91 Å². The van der Waals surface area contributed by atoms with Crippen molar-refractivity contribution in [3.63, 3.8) is 0 Å². The van der Waals surface area contributed by atoms with Gasteiger partial charge in [-0.3, -0.25) is 9.59 Å². The summed E-state index contributed by atoms with van der Waals surface area (Å²) in [5.74, 6) is 0.560. The molecule has 0 fully saturated rings. The molecule has 0 unspecified atom stereocenters. The molecule has 0 atom stereocenters. The fourth-order valence-electron chi connectivity index (χ4n) is 2.22. The van der Waals surface area contributed by atoms with Crippen molar-refractivity contribution in [3.8, 4) is 5.75 Å². The van der Waals surface area contributed by atoms with Crippen molar-refractivity contribution >= 4 is 23.4 Å². The number of ether oxygens (including phenoxy) is 1. The van der Waals surface area contributed by atoms with Gasteiger partial charge in [-0.05, 0) is 48.4 Å². The van der Waals surface area contributed by atoms with Crippen molar-refractivity contribution in [2.75, 3.05) is 20.2 Å². The summed E-state index contributed by atoms with van der Waals surface area (Å²) >= 11 is 5.78. The van der Waals surface area contributed by atoms with Gasteiger partial charge in [0.05, 0.1) is 7.11 Å². The highest BCUT2D eigenvalue weighted by atomic mass is 35.5. The lowest BCUT2D eigenvalue weighted by atomic mass is 10.1. The Balaban J connectivity index is 1.63. The molecular formula is C19H21ClN2O3. The quantitative estimate of drug-likeness (QED) is 0.711. The Bertz CT molecular complexity index is 700. The summed E-state index contributed by atoms with van der Waals surface area (Å²) in [5, 5.41) is 6.13. The van der Waals surface area contributed by atoms with Gasteiger partial charge in [-0.25, -0.2) is 0 Å². The van der Waals surface area contributed by atoms with Crippen LogP contribution in [0.2, 0.25) is 5.02 Å². The predicted molar refractivity (Wildman–Crippen MR) is 98.1 cm³/mol. The second-order valence-corrected chi connectivity index (χ2v) is 5.90. The number of amides is 2. The number of halogens is 1. The Hall–Kier alpha value is -2.53. The van der Waals surface area contributed by atoms with Crippen LogP contribution >= 0.6 is 11.6 Å². The lowest BCUT2D eigenvalue weighted by Gasteiger charge is -2.08. The van der Waals surface area contributed by atoms with Crippen LogP contribution in [0.4, 0.5) is 0 Å². The minimum absolute atomic E-state index is 0.0449. The van der Waals surface area contributed by atoms with E-state index in [-0.39, 0.29) is 11.8 Å². The fraction of sp³-hybridized carbons (Fsp3) is 0.263. The van der Waals surface area contributed by atoms with E-state index < -0.39 is 0 Å². The molecule has 0 aromatic heterocycles. The Labute approximate surface area is 152 Å². The first-order valence-corrected chi connectivity index (χ1v) is 8.39. The van der Waals surface area contributed by atoms with E-state index in [4.69, 9.17) is 16.3 Å². The summed E-state index contributed by atoms with van der Waals surface area (Å²) in [6.45, 7) is 0.760. The average molecular weight is 361 g/mol. The second-order valence-electron chi connectivity index (χ2n) is 5.46. The molecule has 0 radical (unpaired) electrons. The Kier molecular flexibility index (Phi) is 7.29. The van der Waals surface area contributed by atoms with E-state index >= 15 is 0 Å². The maximum atomic E-state index is 11.9. The van der Waals surface area contributed by atoms with Gasteiger partial charge in [0.1, 0.15) is 5.75 Å². The van der Waals surface area contributed by atoms with Gasteiger partial charge in [-0.15, -0.1) is 0 Å². The standard InChI is InChI=1S/C19H21ClN2O3/c1-25-17-9-2-14(3-10-17)4-11-18(23)21-12-13-22-19(24)15-5-7-16(20)8-6-15/h2-3,5-10H,4,11-13H2,1H3,(H,21,23)(H,22,24). The molecule has 2 aromatic rings. The van der Waals surface area contributed by atoms with Crippen molar-refractivity contribution in [2.45, 2.75) is 12.8 Å². The number of carbonyl (C=O) groups is 2. The first kappa shape index (κ1) is 18.8. The first-order chi connectivity index (χ1) is 12.1. The van der Waals surface area contributed by atoms with Crippen LogP contribution in [0.15, 0.2) is 48.5 Å². The zero-order valence-corrected chi connectivity index (χ0v) is 14.8. The van der Waals surface area contributed by atoms with Gasteiger partial charge in [-0.1, -0.05) is 23.7 Å². The first-order valence-electron chi connectivity index (χ1n) is 8.02. The van der Waals surface area contributed by atoms with Crippen molar-refractivity contribution in [1.82, 2.24) is 10.6 Å². The molecule has 6 heteroatoms. The van der Waals surface area contributed by atoms with E-state index in [1.54, 1.807) is 31.4 Å². The molecule has 25 heavy (non-hydrogen) atoms. The molecule has 0 aliphatic rings. The topological polar surface area (TPSA) is 67.4 Å². The molecule has 0 aliphatic carbocycles. The number of carbonyl (C=O) groups excluding carboxylic acids is 2. The van der Waals surface area contributed by atoms with Crippen molar-refractivity contribution in [3.05, 3.63) is 64.7 Å². The van der Waals surface area contributed by atoms with E-state index in [9.17, 15) is 9.59 Å². The van der Waals surface area contributed by atoms with Crippen LogP contribution in [0.1, 0.15) is 22.3 Å². The summed E-state index contributed by atoms with van der Waals surface area (Å²) in [4.78, 5) is 23.7. The number of hydrogen-bond acceptors (Lipinski definition) is 3. The normalized spacial score (nSPS) is 10.2. The van der Waals surface area contributed by atoms with Crippen LogP contribution in [-0.2, 0) is 11.2 Å². The molecule has 0 spiro atoms. The highest BCUT2D eigenvalue weighted by Crippen LogP contribution is 2.12. The summed E-state index contributed by atoms with van der Waals surface area (Å²) < 4.78 is 5.10. The molecule has 0 bridgehead atoms. The molecular weight excluding hydrogens is 340 g/mol. The number of hydrogen-bond donors (Lipinski definition) is 2. The van der Waals surface area contributed by atoms with Crippen LogP contribution < -0.4 is 15.4 Å². The molecule has 0 saturated carbocycles. The summed E-state index contributed by atoms with van der Waals surface area (Å²) in [5.41, 5.74) is 1.61.